The van der Waals surface area contributed by atoms with Crippen LogP contribution in [-0.2, 0) is 6.18 Å². The average Bonchev–Trinajstić information content (AvgIpc) is 2.91. The summed E-state index contributed by atoms with van der Waals surface area (Å²) in [5.41, 5.74) is -1.76. The fraction of sp³-hybridized carbons (Fsp3) is 0.333. The molecule has 0 spiro atoms. The summed E-state index contributed by atoms with van der Waals surface area (Å²) in [5.74, 6) is -0.833. The lowest BCUT2D eigenvalue weighted by molar-refractivity contribution is -0.143. The second-order valence-electron chi connectivity index (χ2n) is 4.45. The maximum Gasteiger partial charge on any atom is 0.434 e. The summed E-state index contributed by atoms with van der Waals surface area (Å²) in [7, 11) is 4.06. The normalized spacial score (nSPS) is 11.4. The highest BCUT2D eigenvalue weighted by Gasteiger charge is 2.41. The highest BCUT2D eigenvalue weighted by molar-refractivity contribution is 5.95. The summed E-state index contributed by atoms with van der Waals surface area (Å²) in [6.07, 6.45) is -3.92. The third kappa shape index (κ3) is 2.85. The topological polar surface area (TPSA) is 73.1 Å². The summed E-state index contributed by atoms with van der Waals surface area (Å²) in [5, 5.41) is 10.8. The van der Waals surface area contributed by atoms with Crippen molar-refractivity contribution in [2.45, 2.75) is 6.18 Å². The second-order valence-corrected chi connectivity index (χ2v) is 4.45. The number of amides is 1. The second kappa shape index (κ2) is 5.62. The number of carbonyl (C=O) groups excluding carboxylic acids is 1. The van der Waals surface area contributed by atoms with Gasteiger partial charge in [-0.1, -0.05) is 0 Å². The molecular formula is C12H12F3N5O2. The SMILES string of the molecule is COc1ccc(-n2ncc(C(=O)N(C)C)c2C(F)(F)F)nn1. The van der Waals surface area contributed by atoms with Gasteiger partial charge in [-0.05, 0) is 6.07 Å². The number of methoxy groups -OCH3 is 1. The van der Waals surface area contributed by atoms with Crippen LogP contribution in [0.3, 0.4) is 0 Å². The molecule has 118 valence electrons. The molecule has 0 bridgehead atoms. The predicted molar refractivity (Wildman–Crippen MR) is 68.7 cm³/mol. The van der Waals surface area contributed by atoms with E-state index >= 15 is 0 Å². The number of hydrogen-bond donors (Lipinski definition) is 0. The molecule has 0 atom stereocenters. The van der Waals surface area contributed by atoms with Crippen LogP contribution < -0.4 is 4.74 Å². The fourth-order valence-corrected chi connectivity index (χ4v) is 1.73. The molecule has 7 nitrogen and oxygen atoms in total. The molecule has 0 radical (unpaired) electrons. The standard InChI is InChI=1S/C12H12F3N5O2/c1-19(2)11(21)7-6-16-20(10(7)12(13,14)15)8-4-5-9(22-3)18-17-8/h4-6H,1-3H3. The molecular weight excluding hydrogens is 303 g/mol. The molecule has 1 amide bonds. The van der Waals surface area contributed by atoms with Gasteiger partial charge in [0, 0.05) is 20.2 Å². The van der Waals surface area contributed by atoms with Crippen molar-refractivity contribution in [2.24, 2.45) is 0 Å². The van der Waals surface area contributed by atoms with Crippen LogP contribution in [0.1, 0.15) is 16.1 Å². The third-order valence-electron chi connectivity index (χ3n) is 2.73. The van der Waals surface area contributed by atoms with Crippen LogP contribution in [0.2, 0.25) is 0 Å². The molecule has 0 fully saturated rings. The zero-order valence-electron chi connectivity index (χ0n) is 11.9. The molecule has 0 saturated carbocycles. The van der Waals surface area contributed by atoms with E-state index < -0.39 is 23.3 Å². The molecule has 0 aromatic carbocycles. The Morgan fingerprint density at radius 2 is 1.95 bits per heavy atom. The van der Waals surface area contributed by atoms with E-state index in [1.54, 1.807) is 0 Å². The summed E-state index contributed by atoms with van der Waals surface area (Å²) >= 11 is 0. The Morgan fingerprint density at radius 1 is 1.27 bits per heavy atom. The number of carbonyl (C=O) groups is 1. The van der Waals surface area contributed by atoms with Gasteiger partial charge in [-0.25, -0.2) is 4.68 Å². The van der Waals surface area contributed by atoms with Gasteiger partial charge in [0.2, 0.25) is 5.88 Å². The van der Waals surface area contributed by atoms with Crippen LogP contribution in [0.4, 0.5) is 13.2 Å². The van der Waals surface area contributed by atoms with Gasteiger partial charge in [-0.15, -0.1) is 10.2 Å². The molecule has 0 saturated heterocycles. The highest BCUT2D eigenvalue weighted by Crippen LogP contribution is 2.33. The van der Waals surface area contributed by atoms with E-state index in [9.17, 15) is 18.0 Å². The van der Waals surface area contributed by atoms with E-state index in [4.69, 9.17) is 4.74 Å². The van der Waals surface area contributed by atoms with Gasteiger partial charge in [0.25, 0.3) is 5.91 Å². The molecule has 0 unspecified atom stereocenters. The third-order valence-corrected chi connectivity index (χ3v) is 2.73. The van der Waals surface area contributed by atoms with Crippen molar-refractivity contribution in [3.05, 3.63) is 29.6 Å². The number of nitrogens with zero attached hydrogens (tertiary/aromatic N) is 5. The van der Waals surface area contributed by atoms with Gasteiger partial charge in [-0.3, -0.25) is 4.79 Å². The lowest BCUT2D eigenvalue weighted by Crippen LogP contribution is -2.25. The molecule has 0 N–H and O–H groups in total. The van der Waals surface area contributed by atoms with Crippen molar-refractivity contribution in [2.75, 3.05) is 21.2 Å². The van der Waals surface area contributed by atoms with Crippen molar-refractivity contribution in [1.82, 2.24) is 24.9 Å². The van der Waals surface area contributed by atoms with Crippen molar-refractivity contribution in [3.8, 4) is 11.7 Å². The minimum Gasteiger partial charge on any atom is -0.480 e. The number of rotatable bonds is 3. The molecule has 10 heteroatoms. The summed E-state index contributed by atoms with van der Waals surface area (Å²) in [4.78, 5) is 12.9. The molecule has 0 aliphatic rings. The van der Waals surface area contributed by atoms with E-state index in [1.807, 2.05) is 0 Å². The molecule has 2 aromatic rings. The lowest BCUT2D eigenvalue weighted by Gasteiger charge is -2.14. The van der Waals surface area contributed by atoms with E-state index in [1.165, 1.54) is 33.3 Å². The molecule has 2 heterocycles. The number of alkyl halides is 3. The Hall–Kier alpha value is -2.65. The minimum atomic E-state index is -4.78. The maximum atomic E-state index is 13.3. The van der Waals surface area contributed by atoms with Gasteiger partial charge >= 0.3 is 6.18 Å². The van der Waals surface area contributed by atoms with Gasteiger partial charge in [0.15, 0.2) is 11.5 Å². The van der Waals surface area contributed by atoms with Crippen LogP contribution in [0.5, 0.6) is 5.88 Å². The van der Waals surface area contributed by atoms with E-state index in [0.29, 0.717) is 4.68 Å². The van der Waals surface area contributed by atoms with Crippen LogP contribution in [-0.4, -0.2) is 52.0 Å². The molecule has 2 aromatic heterocycles. The Labute approximate surface area is 123 Å². The maximum absolute atomic E-state index is 13.3. The number of aromatic nitrogens is 4. The Morgan fingerprint density at radius 3 is 2.41 bits per heavy atom. The molecule has 2 rings (SSSR count). The van der Waals surface area contributed by atoms with E-state index in [-0.39, 0.29) is 11.7 Å². The monoisotopic (exact) mass is 315 g/mol. The summed E-state index contributed by atoms with van der Waals surface area (Å²) in [6.45, 7) is 0. The number of halogens is 3. The van der Waals surface area contributed by atoms with Gasteiger partial charge < -0.3 is 9.64 Å². The first kappa shape index (κ1) is 15.7. The number of hydrogen-bond acceptors (Lipinski definition) is 5. The minimum absolute atomic E-state index is 0.147. The molecule has 0 aliphatic heterocycles. The smallest absolute Gasteiger partial charge is 0.434 e. The summed E-state index contributed by atoms with van der Waals surface area (Å²) in [6, 6.07) is 2.61. The van der Waals surface area contributed by atoms with E-state index in [2.05, 4.69) is 15.3 Å². The first-order valence-electron chi connectivity index (χ1n) is 6.00. The Balaban J connectivity index is 2.58. The van der Waals surface area contributed by atoms with Crippen LogP contribution in [0.15, 0.2) is 18.3 Å². The zero-order valence-corrected chi connectivity index (χ0v) is 11.9. The largest absolute Gasteiger partial charge is 0.480 e. The molecule has 22 heavy (non-hydrogen) atoms. The first-order valence-corrected chi connectivity index (χ1v) is 6.00. The fourth-order valence-electron chi connectivity index (χ4n) is 1.73. The van der Waals surface area contributed by atoms with Crippen molar-refractivity contribution in [3.63, 3.8) is 0 Å². The van der Waals surface area contributed by atoms with Gasteiger partial charge in [0.1, 0.15) is 0 Å². The van der Waals surface area contributed by atoms with Gasteiger partial charge in [-0.2, -0.15) is 18.3 Å². The van der Waals surface area contributed by atoms with Crippen molar-refractivity contribution in [1.29, 1.82) is 0 Å². The van der Waals surface area contributed by atoms with Crippen molar-refractivity contribution >= 4 is 5.91 Å². The highest BCUT2D eigenvalue weighted by atomic mass is 19.4. The van der Waals surface area contributed by atoms with Crippen LogP contribution in [0.25, 0.3) is 5.82 Å². The zero-order chi connectivity index (χ0) is 16.5. The number of ether oxygens (including phenoxy) is 1. The average molecular weight is 315 g/mol. The van der Waals surface area contributed by atoms with Crippen LogP contribution >= 0.6 is 0 Å². The Kier molecular flexibility index (Phi) is 4.02. The predicted octanol–water partition coefficient (Wildman–Crippen LogP) is 1.39. The Bertz CT molecular complexity index is 679. The van der Waals surface area contributed by atoms with Crippen molar-refractivity contribution < 1.29 is 22.7 Å². The quantitative estimate of drug-likeness (QED) is 0.856. The summed E-state index contributed by atoms with van der Waals surface area (Å²) < 4.78 is 45.2. The van der Waals surface area contributed by atoms with E-state index in [0.717, 1.165) is 11.1 Å². The van der Waals surface area contributed by atoms with Gasteiger partial charge in [0.05, 0.1) is 18.9 Å². The van der Waals surface area contributed by atoms with Crippen LogP contribution in [0, 0.1) is 0 Å². The lowest BCUT2D eigenvalue weighted by atomic mass is 10.2. The molecule has 0 aliphatic carbocycles. The first-order chi connectivity index (χ1) is 10.3.